The molecule has 0 aliphatic carbocycles. The Balaban J connectivity index is 0.00000320. The zero-order valence-electron chi connectivity index (χ0n) is 21.6. The van der Waals surface area contributed by atoms with Gasteiger partial charge in [0.25, 0.3) is 0 Å². The largest absolute Gasteiger partial charge is 0.328 e. The van der Waals surface area contributed by atoms with Crippen molar-refractivity contribution in [2.45, 2.75) is 57.9 Å². The van der Waals surface area contributed by atoms with Crippen LogP contribution in [0.2, 0.25) is 0 Å². The van der Waals surface area contributed by atoms with E-state index in [-0.39, 0.29) is 18.3 Å². The minimum absolute atomic E-state index is 0. The van der Waals surface area contributed by atoms with E-state index in [1.807, 2.05) is 12.3 Å². The fraction of sp³-hybridized carbons (Fsp3) is 0.387. The molecule has 5 nitrogen and oxygen atoms in total. The lowest BCUT2D eigenvalue weighted by molar-refractivity contribution is -0.119. The van der Waals surface area contributed by atoms with Crippen LogP contribution in [0.25, 0.3) is 11.0 Å². The maximum absolute atomic E-state index is 13.3. The van der Waals surface area contributed by atoms with Crippen LogP contribution in [0.1, 0.15) is 66.7 Å². The second kappa shape index (κ2) is 13.0. The first-order valence-corrected chi connectivity index (χ1v) is 13.3. The summed E-state index contributed by atoms with van der Waals surface area (Å²) in [4.78, 5) is 22.3. The maximum Gasteiger partial charge on any atom is 0.143 e. The minimum Gasteiger partial charge on any atom is -0.328 e. The van der Waals surface area contributed by atoms with Crippen molar-refractivity contribution in [3.05, 3.63) is 95.6 Å². The van der Waals surface area contributed by atoms with Gasteiger partial charge in [-0.25, -0.2) is 9.97 Å². The van der Waals surface area contributed by atoms with Crippen LogP contribution < -0.4 is 5.32 Å². The lowest BCUT2D eigenvalue weighted by Crippen LogP contribution is -2.27. The highest BCUT2D eigenvalue weighted by Crippen LogP contribution is 2.35. The number of ketones is 1. The fourth-order valence-electron chi connectivity index (χ4n) is 5.61. The molecule has 2 aromatic carbocycles. The number of nitrogens with zero attached hydrogens (tertiary/aromatic N) is 3. The van der Waals surface area contributed by atoms with E-state index in [9.17, 15) is 4.79 Å². The first-order valence-electron chi connectivity index (χ1n) is 13.3. The van der Waals surface area contributed by atoms with Crippen molar-refractivity contribution in [2.24, 2.45) is 5.92 Å². The van der Waals surface area contributed by atoms with Crippen LogP contribution in [-0.4, -0.2) is 33.4 Å². The smallest absolute Gasteiger partial charge is 0.143 e. The molecule has 2 aromatic heterocycles. The van der Waals surface area contributed by atoms with Crippen molar-refractivity contribution in [1.82, 2.24) is 19.9 Å². The van der Waals surface area contributed by atoms with E-state index in [1.54, 1.807) is 6.33 Å². The summed E-state index contributed by atoms with van der Waals surface area (Å²) < 4.78 is 2.20. The van der Waals surface area contributed by atoms with E-state index in [1.165, 1.54) is 29.5 Å². The second-order valence-electron chi connectivity index (χ2n) is 10.3. The van der Waals surface area contributed by atoms with Crippen LogP contribution in [0.3, 0.4) is 0 Å². The SMILES string of the molecule is Cc1cccc(C(CC(=O)CCCC2CCNCC2)c2cn(Cc3ccccc3)c3ncncc23)c1.Cl. The van der Waals surface area contributed by atoms with Crippen LogP contribution in [0, 0.1) is 12.8 Å². The molecule has 0 amide bonds. The summed E-state index contributed by atoms with van der Waals surface area (Å²) in [5, 5.41) is 4.46. The molecule has 37 heavy (non-hydrogen) atoms. The van der Waals surface area contributed by atoms with Crippen molar-refractivity contribution in [1.29, 1.82) is 0 Å². The molecule has 3 heterocycles. The summed E-state index contributed by atoms with van der Waals surface area (Å²) in [5.41, 5.74) is 5.67. The number of hydrogen-bond donors (Lipinski definition) is 1. The minimum atomic E-state index is -0.0122. The standard InChI is InChI=1S/C31H36N4O.ClH/c1-23-7-5-11-26(17-23)28(18-27(36)12-6-10-24-13-15-32-16-14-24)30-21-35(20-25-8-3-2-4-9-25)31-29(30)19-33-22-34-31;/h2-5,7-9,11,17,19,21-22,24,28,32H,6,10,12-16,18,20H2,1H3;1H. The number of carbonyl (C=O) groups excluding carboxylic acids is 1. The number of piperidine rings is 1. The van der Waals surface area contributed by atoms with Gasteiger partial charge in [-0.2, -0.15) is 0 Å². The van der Waals surface area contributed by atoms with Crippen molar-refractivity contribution >= 4 is 29.2 Å². The molecular formula is C31H37ClN4O. The zero-order chi connectivity index (χ0) is 24.7. The maximum atomic E-state index is 13.3. The van der Waals surface area contributed by atoms with Crippen molar-refractivity contribution in [2.75, 3.05) is 13.1 Å². The number of fused-ring (bicyclic) bond motifs is 1. The van der Waals surface area contributed by atoms with Gasteiger partial charge in [0.05, 0.1) is 0 Å². The number of halogens is 1. The predicted octanol–water partition coefficient (Wildman–Crippen LogP) is 6.47. The Morgan fingerprint density at radius 1 is 1.11 bits per heavy atom. The summed E-state index contributed by atoms with van der Waals surface area (Å²) in [6.45, 7) is 5.08. The van der Waals surface area contributed by atoms with Gasteiger partial charge in [0.2, 0.25) is 0 Å². The van der Waals surface area contributed by atoms with Gasteiger partial charge in [-0.15, -0.1) is 12.4 Å². The monoisotopic (exact) mass is 516 g/mol. The Morgan fingerprint density at radius 3 is 2.70 bits per heavy atom. The molecule has 0 saturated carbocycles. The first-order chi connectivity index (χ1) is 17.7. The Bertz CT molecular complexity index is 1300. The number of rotatable bonds is 10. The van der Waals surface area contributed by atoms with Crippen molar-refractivity contribution in [3.8, 4) is 0 Å². The number of benzene rings is 2. The van der Waals surface area contributed by atoms with Gasteiger partial charge in [0, 0.05) is 43.1 Å². The molecule has 4 aromatic rings. The molecule has 0 radical (unpaired) electrons. The van der Waals surface area contributed by atoms with Gasteiger partial charge in [-0.1, -0.05) is 60.2 Å². The molecule has 1 aliphatic heterocycles. The summed E-state index contributed by atoms with van der Waals surface area (Å²) in [6, 6.07) is 19.0. The van der Waals surface area contributed by atoms with Gasteiger partial charge in [-0.3, -0.25) is 4.79 Å². The molecule has 0 spiro atoms. The Labute approximate surface area is 226 Å². The number of Topliss-reactive ketones (excluding diaryl/α,β-unsaturated/α-hetero) is 1. The molecule has 1 N–H and O–H groups in total. The average molecular weight is 517 g/mol. The topological polar surface area (TPSA) is 59.8 Å². The first kappa shape index (κ1) is 27.0. The molecular weight excluding hydrogens is 480 g/mol. The number of carbonyl (C=O) groups is 1. The van der Waals surface area contributed by atoms with Crippen LogP contribution >= 0.6 is 12.4 Å². The lowest BCUT2D eigenvalue weighted by Gasteiger charge is -2.22. The number of aromatic nitrogens is 3. The van der Waals surface area contributed by atoms with Gasteiger partial charge < -0.3 is 9.88 Å². The molecule has 194 valence electrons. The Kier molecular flexibility index (Phi) is 9.48. The van der Waals surface area contributed by atoms with E-state index in [2.05, 4.69) is 81.5 Å². The van der Waals surface area contributed by atoms with E-state index < -0.39 is 0 Å². The van der Waals surface area contributed by atoms with Crippen molar-refractivity contribution in [3.63, 3.8) is 0 Å². The molecule has 1 saturated heterocycles. The highest BCUT2D eigenvalue weighted by atomic mass is 35.5. The van der Waals surface area contributed by atoms with Gasteiger partial charge in [0.1, 0.15) is 17.8 Å². The quantitative estimate of drug-likeness (QED) is 0.262. The fourth-order valence-corrected chi connectivity index (χ4v) is 5.61. The summed E-state index contributed by atoms with van der Waals surface area (Å²) in [7, 11) is 0. The predicted molar refractivity (Wildman–Crippen MR) is 152 cm³/mol. The number of nitrogens with one attached hydrogen (secondary N) is 1. The molecule has 1 aliphatic rings. The third-order valence-corrected chi connectivity index (χ3v) is 7.54. The third kappa shape index (κ3) is 6.85. The highest BCUT2D eigenvalue weighted by Gasteiger charge is 2.24. The highest BCUT2D eigenvalue weighted by molar-refractivity contribution is 5.85. The van der Waals surface area contributed by atoms with Gasteiger partial charge in [-0.05, 0) is 68.3 Å². The third-order valence-electron chi connectivity index (χ3n) is 7.54. The van der Waals surface area contributed by atoms with E-state index in [0.717, 1.165) is 55.0 Å². The van der Waals surface area contributed by atoms with Gasteiger partial charge in [0.15, 0.2) is 0 Å². The Hall–Kier alpha value is -3.02. The normalized spacial score (nSPS) is 14.8. The van der Waals surface area contributed by atoms with Crippen LogP contribution in [0.15, 0.2) is 73.3 Å². The molecule has 5 rings (SSSR count). The average Bonchev–Trinajstić information content (AvgIpc) is 3.26. The summed E-state index contributed by atoms with van der Waals surface area (Å²) in [6.07, 6.45) is 11.5. The summed E-state index contributed by atoms with van der Waals surface area (Å²) >= 11 is 0. The van der Waals surface area contributed by atoms with E-state index in [4.69, 9.17) is 0 Å². The van der Waals surface area contributed by atoms with Crippen LogP contribution in [0.5, 0.6) is 0 Å². The molecule has 0 bridgehead atoms. The molecule has 1 unspecified atom stereocenters. The molecule has 6 heteroatoms. The second-order valence-corrected chi connectivity index (χ2v) is 10.3. The molecule has 1 atom stereocenters. The Morgan fingerprint density at radius 2 is 1.92 bits per heavy atom. The van der Waals surface area contributed by atoms with E-state index in [0.29, 0.717) is 18.6 Å². The number of hydrogen-bond acceptors (Lipinski definition) is 4. The lowest BCUT2D eigenvalue weighted by atomic mass is 9.85. The number of aryl methyl sites for hydroxylation is 1. The van der Waals surface area contributed by atoms with Crippen LogP contribution in [-0.2, 0) is 11.3 Å². The van der Waals surface area contributed by atoms with Crippen molar-refractivity contribution < 1.29 is 4.79 Å². The van der Waals surface area contributed by atoms with Crippen LogP contribution in [0.4, 0.5) is 0 Å². The molecule has 1 fully saturated rings. The van der Waals surface area contributed by atoms with Gasteiger partial charge >= 0.3 is 0 Å². The van der Waals surface area contributed by atoms with E-state index >= 15 is 0 Å². The zero-order valence-corrected chi connectivity index (χ0v) is 22.4. The summed E-state index contributed by atoms with van der Waals surface area (Å²) in [5.74, 6) is 1.10.